The number of fused-ring (bicyclic) bond motifs is 1. The summed E-state index contributed by atoms with van der Waals surface area (Å²) >= 11 is 0. The second-order valence-electron chi connectivity index (χ2n) is 5.10. The maximum absolute atomic E-state index is 5.29. The summed E-state index contributed by atoms with van der Waals surface area (Å²) in [5.41, 5.74) is 4.41. The van der Waals surface area contributed by atoms with Gasteiger partial charge in [-0.15, -0.1) is 0 Å². The minimum Gasteiger partial charge on any atom is -0.497 e. The van der Waals surface area contributed by atoms with Crippen molar-refractivity contribution in [1.82, 2.24) is 0 Å². The van der Waals surface area contributed by atoms with Crippen molar-refractivity contribution in [1.29, 1.82) is 0 Å². The molecule has 18 heavy (non-hydrogen) atoms. The fraction of sp³-hybridized carbons (Fsp3) is 0.294. The van der Waals surface area contributed by atoms with Crippen LogP contribution in [0.25, 0.3) is 0 Å². The van der Waals surface area contributed by atoms with Crippen molar-refractivity contribution in [2.75, 3.05) is 7.11 Å². The fourth-order valence-electron chi connectivity index (χ4n) is 2.90. The Kier molecular flexibility index (Phi) is 3.06. The second kappa shape index (κ2) is 4.85. The average Bonchev–Trinajstić information content (AvgIpc) is 2.80. The van der Waals surface area contributed by atoms with Crippen LogP contribution in [-0.2, 0) is 19.3 Å². The maximum atomic E-state index is 5.29. The Morgan fingerprint density at radius 2 is 1.78 bits per heavy atom. The molecule has 1 heteroatoms. The van der Waals surface area contributed by atoms with Crippen molar-refractivity contribution in [3.63, 3.8) is 0 Å². The first-order valence-corrected chi connectivity index (χ1v) is 6.55. The molecule has 92 valence electrons. The van der Waals surface area contributed by atoms with Gasteiger partial charge >= 0.3 is 0 Å². The third-order valence-electron chi connectivity index (χ3n) is 3.80. The summed E-state index contributed by atoms with van der Waals surface area (Å²) < 4.78 is 5.29. The maximum Gasteiger partial charge on any atom is 0.119 e. The number of hydrogen-bond acceptors (Lipinski definition) is 1. The number of methoxy groups -OCH3 is 1. The molecule has 1 aliphatic rings. The van der Waals surface area contributed by atoms with Crippen LogP contribution in [0.15, 0.2) is 48.5 Å². The van der Waals surface area contributed by atoms with Crippen molar-refractivity contribution in [2.24, 2.45) is 5.92 Å². The number of ether oxygens (including phenoxy) is 1. The third-order valence-corrected chi connectivity index (χ3v) is 3.80. The highest BCUT2D eigenvalue weighted by Gasteiger charge is 2.21. The molecule has 0 bridgehead atoms. The molecule has 0 saturated carbocycles. The molecule has 0 spiro atoms. The molecular weight excluding hydrogens is 220 g/mol. The van der Waals surface area contributed by atoms with Crippen molar-refractivity contribution in [3.05, 3.63) is 65.2 Å². The highest BCUT2D eigenvalue weighted by Crippen LogP contribution is 2.31. The van der Waals surface area contributed by atoms with Crippen LogP contribution >= 0.6 is 0 Å². The van der Waals surface area contributed by atoms with Crippen LogP contribution < -0.4 is 4.74 Å². The van der Waals surface area contributed by atoms with Crippen molar-refractivity contribution >= 4 is 0 Å². The fourth-order valence-corrected chi connectivity index (χ4v) is 2.90. The molecule has 1 unspecified atom stereocenters. The lowest BCUT2D eigenvalue weighted by atomic mass is 9.97. The summed E-state index contributed by atoms with van der Waals surface area (Å²) in [7, 11) is 1.73. The predicted octanol–water partition coefficient (Wildman–Crippen LogP) is 3.65. The van der Waals surface area contributed by atoms with Gasteiger partial charge < -0.3 is 4.74 Å². The number of hydrogen-bond donors (Lipinski definition) is 0. The van der Waals surface area contributed by atoms with Gasteiger partial charge in [-0.3, -0.25) is 0 Å². The summed E-state index contributed by atoms with van der Waals surface area (Å²) in [6.45, 7) is 0. The predicted molar refractivity (Wildman–Crippen MR) is 74.0 cm³/mol. The van der Waals surface area contributed by atoms with Crippen LogP contribution in [0.2, 0.25) is 0 Å². The minimum atomic E-state index is 0.745. The minimum absolute atomic E-state index is 0.745. The summed E-state index contributed by atoms with van der Waals surface area (Å²) in [6, 6.07) is 17.3. The van der Waals surface area contributed by atoms with Crippen LogP contribution in [0.1, 0.15) is 16.7 Å². The molecule has 0 heterocycles. The standard InChI is InChI=1S/C17H18O/c1-18-17-8-7-15-10-14(11-16(15)12-17)9-13-5-3-2-4-6-13/h2-8,12,14H,9-11H2,1H3. The van der Waals surface area contributed by atoms with E-state index in [1.54, 1.807) is 7.11 Å². The second-order valence-corrected chi connectivity index (χ2v) is 5.10. The monoisotopic (exact) mass is 238 g/mol. The van der Waals surface area contributed by atoms with E-state index in [9.17, 15) is 0 Å². The Balaban J connectivity index is 1.73. The topological polar surface area (TPSA) is 9.23 Å². The number of rotatable bonds is 3. The third kappa shape index (κ3) is 2.26. The van der Waals surface area contributed by atoms with Crippen molar-refractivity contribution in [2.45, 2.75) is 19.3 Å². The molecule has 0 radical (unpaired) electrons. The van der Waals surface area contributed by atoms with Crippen LogP contribution in [0.5, 0.6) is 5.75 Å². The van der Waals surface area contributed by atoms with E-state index in [1.807, 2.05) is 0 Å². The van der Waals surface area contributed by atoms with Crippen LogP contribution in [-0.4, -0.2) is 7.11 Å². The quantitative estimate of drug-likeness (QED) is 0.793. The Morgan fingerprint density at radius 1 is 1.00 bits per heavy atom. The summed E-state index contributed by atoms with van der Waals surface area (Å²) in [6.07, 6.45) is 3.56. The molecule has 1 aliphatic carbocycles. The normalized spacial score (nSPS) is 17.5. The Labute approximate surface area is 108 Å². The highest BCUT2D eigenvalue weighted by molar-refractivity contribution is 5.39. The first-order valence-electron chi connectivity index (χ1n) is 6.55. The summed E-state index contributed by atoms with van der Waals surface area (Å²) in [5, 5.41) is 0. The van der Waals surface area contributed by atoms with E-state index in [2.05, 4.69) is 48.5 Å². The van der Waals surface area contributed by atoms with E-state index in [-0.39, 0.29) is 0 Å². The van der Waals surface area contributed by atoms with Crippen LogP contribution in [0.3, 0.4) is 0 Å². The van der Waals surface area contributed by atoms with Gasteiger partial charge in [0.2, 0.25) is 0 Å². The molecule has 3 rings (SSSR count). The van der Waals surface area contributed by atoms with Gasteiger partial charge in [0, 0.05) is 0 Å². The lowest BCUT2D eigenvalue weighted by molar-refractivity contribution is 0.414. The van der Waals surface area contributed by atoms with Crippen molar-refractivity contribution < 1.29 is 4.74 Å². The smallest absolute Gasteiger partial charge is 0.119 e. The number of benzene rings is 2. The van der Waals surface area contributed by atoms with Gasteiger partial charge in [0.25, 0.3) is 0 Å². The summed E-state index contributed by atoms with van der Waals surface area (Å²) in [5.74, 6) is 1.73. The van der Waals surface area contributed by atoms with Crippen LogP contribution in [0.4, 0.5) is 0 Å². The molecule has 1 nitrogen and oxygen atoms in total. The molecule has 0 fully saturated rings. The zero-order valence-corrected chi connectivity index (χ0v) is 10.7. The zero-order valence-electron chi connectivity index (χ0n) is 10.7. The van der Waals surface area contributed by atoms with Gasteiger partial charge in [0.15, 0.2) is 0 Å². The molecule has 0 N–H and O–H groups in total. The average molecular weight is 238 g/mol. The Morgan fingerprint density at radius 3 is 2.56 bits per heavy atom. The molecule has 2 aromatic carbocycles. The van der Waals surface area contributed by atoms with Gasteiger partial charge in [-0.2, -0.15) is 0 Å². The van der Waals surface area contributed by atoms with E-state index >= 15 is 0 Å². The highest BCUT2D eigenvalue weighted by atomic mass is 16.5. The zero-order chi connectivity index (χ0) is 12.4. The van der Waals surface area contributed by atoms with Crippen LogP contribution in [0, 0.1) is 5.92 Å². The molecule has 2 aromatic rings. The van der Waals surface area contributed by atoms with Gasteiger partial charge in [-0.1, -0.05) is 36.4 Å². The molecule has 1 atom stereocenters. The van der Waals surface area contributed by atoms with Gasteiger partial charge in [-0.25, -0.2) is 0 Å². The largest absolute Gasteiger partial charge is 0.497 e. The first kappa shape index (κ1) is 11.3. The molecular formula is C17H18O. The Bertz CT molecular complexity index is 531. The van der Waals surface area contributed by atoms with Gasteiger partial charge in [-0.05, 0) is 54.0 Å². The van der Waals surface area contributed by atoms with Gasteiger partial charge in [0.1, 0.15) is 5.75 Å². The Hall–Kier alpha value is -1.76. The molecule has 0 saturated heterocycles. The van der Waals surface area contributed by atoms with E-state index in [4.69, 9.17) is 4.74 Å². The molecule has 0 amide bonds. The molecule has 0 aromatic heterocycles. The van der Waals surface area contributed by atoms with E-state index in [0.717, 1.165) is 11.7 Å². The molecule has 0 aliphatic heterocycles. The van der Waals surface area contributed by atoms with Crippen molar-refractivity contribution in [3.8, 4) is 5.75 Å². The van der Waals surface area contributed by atoms with Gasteiger partial charge in [0.05, 0.1) is 7.11 Å². The lowest BCUT2D eigenvalue weighted by Gasteiger charge is -2.08. The van der Waals surface area contributed by atoms with E-state index < -0.39 is 0 Å². The van der Waals surface area contributed by atoms with E-state index in [1.165, 1.54) is 36.0 Å². The summed E-state index contributed by atoms with van der Waals surface area (Å²) in [4.78, 5) is 0. The SMILES string of the molecule is COc1ccc2c(c1)CC(Cc1ccccc1)C2. The van der Waals surface area contributed by atoms with E-state index in [0.29, 0.717) is 0 Å². The lowest BCUT2D eigenvalue weighted by Crippen LogP contribution is -2.03. The first-order chi connectivity index (χ1) is 8.85.